The van der Waals surface area contributed by atoms with Crippen molar-refractivity contribution in [2.24, 2.45) is 0 Å². The highest BCUT2D eigenvalue weighted by Crippen LogP contribution is 2.28. The van der Waals surface area contributed by atoms with Crippen LogP contribution in [-0.2, 0) is 0 Å². The van der Waals surface area contributed by atoms with Crippen LogP contribution >= 0.6 is 0 Å². The lowest BCUT2D eigenvalue weighted by molar-refractivity contribution is 0.437. The van der Waals surface area contributed by atoms with Gasteiger partial charge in [0.2, 0.25) is 0 Å². The highest BCUT2D eigenvalue weighted by molar-refractivity contribution is 5.89. The molecule has 0 aliphatic carbocycles. The number of fused-ring (bicyclic) bond motifs is 1. The van der Waals surface area contributed by atoms with Crippen molar-refractivity contribution in [3.05, 3.63) is 30.6 Å². The van der Waals surface area contributed by atoms with Crippen LogP contribution in [0.5, 0.6) is 0 Å². The van der Waals surface area contributed by atoms with Gasteiger partial charge in [0, 0.05) is 24.5 Å². The van der Waals surface area contributed by atoms with Gasteiger partial charge in [-0.25, -0.2) is 9.97 Å². The third-order valence-corrected chi connectivity index (χ3v) is 4.05. The second-order valence-electron chi connectivity index (χ2n) is 5.37. The summed E-state index contributed by atoms with van der Waals surface area (Å²) in [5.74, 6) is 1.10. The summed E-state index contributed by atoms with van der Waals surface area (Å²) >= 11 is 0. The maximum absolute atomic E-state index is 4.58. The molecule has 4 heteroatoms. The Bertz CT molecular complexity index is 564. The fourth-order valence-electron chi connectivity index (χ4n) is 3.02. The summed E-state index contributed by atoms with van der Waals surface area (Å²) in [7, 11) is 0. The third kappa shape index (κ3) is 2.61. The molecule has 1 aliphatic rings. The minimum Gasteiger partial charge on any atom is -0.352 e. The van der Waals surface area contributed by atoms with E-state index in [1.807, 2.05) is 6.07 Å². The number of aromatic nitrogens is 2. The normalized spacial score (nSPS) is 19.4. The van der Waals surface area contributed by atoms with Gasteiger partial charge in [0.15, 0.2) is 0 Å². The maximum atomic E-state index is 4.58. The molecule has 1 unspecified atom stereocenters. The molecule has 0 bridgehead atoms. The lowest BCUT2D eigenvalue weighted by Crippen LogP contribution is -2.46. The van der Waals surface area contributed by atoms with Crippen LogP contribution < -0.4 is 10.2 Å². The zero-order valence-electron chi connectivity index (χ0n) is 12.0. The molecule has 106 valence electrons. The second kappa shape index (κ2) is 6.18. The number of para-hydroxylation sites is 1. The first-order chi connectivity index (χ1) is 9.90. The SMILES string of the molecule is CCNCC1CCCCN1c1ncnc2ccccc12. The van der Waals surface area contributed by atoms with E-state index in [-0.39, 0.29) is 0 Å². The molecule has 1 atom stereocenters. The summed E-state index contributed by atoms with van der Waals surface area (Å²) in [6.45, 7) is 5.31. The number of piperidine rings is 1. The lowest BCUT2D eigenvalue weighted by Gasteiger charge is -2.37. The van der Waals surface area contributed by atoms with E-state index in [9.17, 15) is 0 Å². The van der Waals surface area contributed by atoms with Gasteiger partial charge in [-0.2, -0.15) is 0 Å². The van der Waals surface area contributed by atoms with Crippen molar-refractivity contribution in [1.29, 1.82) is 0 Å². The Morgan fingerprint density at radius 2 is 2.15 bits per heavy atom. The van der Waals surface area contributed by atoms with Crippen molar-refractivity contribution >= 4 is 16.7 Å². The molecule has 1 aliphatic heterocycles. The molecular formula is C16H22N4. The predicted octanol–water partition coefficient (Wildman–Crippen LogP) is 2.60. The molecule has 3 rings (SSSR count). The number of nitrogens with zero attached hydrogens (tertiary/aromatic N) is 3. The van der Waals surface area contributed by atoms with Crippen molar-refractivity contribution in [3.8, 4) is 0 Å². The maximum Gasteiger partial charge on any atom is 0.140 e. The summed E-state index contributed by atoms with van der Waals surface area (Å²) < 4.78 is 0. The molecule has 2 aromatic rings. The average molecular weight is 270 g/mol. The predicted molar refractivity (Wildman–Crippen MR) is 83.1 cm³/mol. The highest BCUT2D eigenvalue weighted by Gasteiger charge is 2.24. The number of anilines is 1. The summed E-state index contributed by atoms with van der Waals surface area (Å²) in [6, 6.07) is 8.83. The summed E-state index contributed by atoms with van der Waals surface area (Å²) in [6.07, 6.45) is 5.50. The average Bonchev–Trinajstić information content (AvgIpc) is 2.53. The van der Waals surface area contributed by atoms with Crippen molar-refractivity contribution in [1.82, 2.24) is 15.3 Å². The van der Waals surface area contributed by atoms with E-state index in [4.69, 9.17) is 0 Å². The zero-order chi connectivity index (χ0) is 13.8. The van der Waals surface area contributed by atoms with Gasteiger partial charge in [-0.05, 0) is 37.9 Å². The van der Waals surface area contributed by atoms with Crippen LogP contribution in [0.4, 0.5) is 5.82 Å². The van der Waals surface area contributed by atoms with E-state index >= 15 is 0 Å². The third-order valence-electron chi connectivity index (χ3n) is 4.05. The van der Waals surface area contributed by atoms with E-state index < -0.39 is 0 Å². The van der Waals surface area contributed by atoms with Gasteiger partial charge in [0.05, 0.1) is 5.52 Å². The smallest absolute Gasteiger partial charge is 0.140 e. The molecule has 0 radical (unpaired) electrons. The standard InChI is InChI=1S/C16H22N4/c1-2-17-11-13-7-5-6-10-20(13)16-14-8-3-4-9-15(14)18-12-19-16/h3-4,8-9,12-13,17H,2,5-7,10-11H2,1H3. The molecule has 1 aromatic heterocycles. The van der Waals surface area contributed by atoms with Gasteiger partial charge in [-0.3, -0.25) is 0 Å². The fourth-order valence-corrected chi connectivity index (χ4v) is 3.02. The van der Waals surface area contributed by atoms with Gasteiger partial charge >= 0.3 is 0 Å². The van der Waals surface area contributed by atoms with Crippen LogP contribution in [0.1, 0.15) is 26.2 Å². The molecule has 0 amide bonds. The van der Waals surface area contributed by atoms with Gasteiger partial charge in [0.25, 0.3) is 0 Å². The first-order valence-electron chi connectivity index (χ1n) is 7.57. The first-order valence-corrected chi connectivity index (χ1v) is 7.57. The van der Waals surface area contributed by atoms with Gasteiger partial charge in [-0.1, -0.05) is 19.1 Å². The van der Waals surface area contributed by atoms with E-state index in [2.05, 4.69) is 45.3 Å². The monoisotopic (exact) mass is 270 g/mol. The van der Waals surface area contributed by atoms with E-state index in [1.165, 1.54) is 24.6 Å². The molecule has 0 saturated carbocycles. The van der Waals surface area contributed by atoms with Crippen LogP contribution in [0.2, 0.25) is 0 Å². The Hall–Kier alpha value is -1.68. The van der Waals surface area contributed by atoms with Crippen LogP contribution in [0.25, 0.3) is 10.9 Å². The second-order valence-corrected chi connectivity index (χ2v) is 5.37. The topological polar surface area (TPSA) is 41.0 Å². The molecule has 2 heterocycles. The molecule has 1 fully saturated rings. The molecule has 1 N–H and O–H groups in total. The summed E-state index contributed by atoms with van der Waals surface area (Å²) in [5, 5.41) is 4.65. The Morgan fingerprint density at radius 3 is 3.05 bits per heavy atom. The van der Waals surface area contributed by atoms with Crippen LogP contribution in [0.3, 0.4) is 0 Å². The van der Waals surface area contributed by atoms with E-state index in [0.717, 1.165) is 31.0 Å². The molecule has 1 aromatic carbocycles. The minimum atomic E-state index is 0.544. The number of rotatable bonds is 4. The first kappa shape index (κ1) is 13.3. The quantitative estimate of drug-likeness (QED) is 0.927. The van der Waals surface area contributed by atoms with Crippen molar-refractivity contribution in [3.63, 3.8) is 0 Å². The highest BCUT2D eigenvalue weighted by atomic mass is 15.2. The van der Waals surface area contributed by atoms with E-state index in [0.29, 0.717) is 6.04 Å². The zero-order valence-corrected chi connectivity index (χ0v) is 12.0. The Morgan fingerprint density at radius 1 is 1.25 bits per heavy atom. The molecule has 4 nitrogen and oxygen atoms in total. The van der Waals surface area contributed by atoms with Gasteiger partial charge in [0.1, 0.15) is 12.1 Å². The van der Waals surface area contributed by atoms with Crippen molar-refractivity contribution in [2.75, 3.05) is 24.5 Å². The van der Waals surface area contributed by atoms with Gasteiger partial charge < -0.3 is 10.2 Å². The van der Waals surface area contributed by atoms with E-state index in [1.54, 1.807) is 6.33 Å². The fraction of sp³-hybridized carbons (Fsp3) is 0.500. The number of benzene rings is 1. The molecule has 0 spiro atoms. The van der Waals surface area contributed by atoms with Crippen molar-refractivity contribution in [2.45, 2.75) is 32.2 Å². The number of hydrogen-bond acceptors (Lipinski definition) is 4. The summed E-state index contributed by atoms with van der Waals surface area (Å²) in [4.78, 5) is 11.4. The minimum absolute atomic E-state index is 0.544. The number of likely N-dealkylation sites (N-methyl/N-ethyl adjacent to an activating group) is 1. The summed E-state index contributed by atoms with van der Waals surface area (Å²) in [5.41, 5.74) is 1.03. The van der Waals surface area contributed by atoms with Crippen LogP contribution in [0.15, 0.2) is 30.6 Å². The molecule has 1 saturated heterocycles. The Balaban J connectivity index is 1.95. The lowest BCUT2D eigenvalue weighted by atomic mass is 10.0. The molecular weight excluding hydrogens is 248 g/mol. The van der Waals surface area contributed by atoms with Gasteiger partial charge in [-0.15, -0.1) is 0 Å². The number of nitrogens with one attached hydrogen (secondary N) is 1. The Labute approximate surface area is 120 Å². The largest absolute Gasteiger partial charge is 0.352 e. The molecule has 20 heavy (non-hydrogen) atoms. The van der Waals surface area contributed by atoms with Crippen LogP contribution in [-0.4, -0.2) is 35.6 Å². The Kier molecular flexibility index (Phi) is 4.11. The van der Waals surface area contributed by atoms with Crippen LogP contribution in [0, 0.1) is 0 Å². The number of hydrogen-bond donors (Lipinski definition) is 1. The van der Waals surface area contributed by atoms with Crippen molar-refractivity contribution < 1.29 is 0 Å².